The van der Waals surface area contributed by atoms with Gasteiger partial charge in [0.1, 0.15) is 0 Å². The van der Waals surface area contributed by atoms with Crippen molar-refractivity contribution in [1.29, 1.82) is 0 Å². The molecule has 1 aromatic rings. The summed E-state index contributed by atoms with van der Waals surface area (Å²) in [6.45, 7) is 0.771. The van der Waals surface area contributed by atoms with Crippen molar-refractivity contribution in [3.63, 3.8) is 0 Å². The number of hydrogen-bond donors (Lipinski definition) is 2. The van der Waals surface area contributed by atoms with Gasteiger partial charge in [-0.25, -0.2) is 0 Å². The molecule has 2 fully saturated rings. The second kappa shape index (κ2) is 6.48. The third-order valence-corrected chi connectivity index (χ3v) is 4.62. The minimum atomic E-state index is -0.0419. The van der Waals surface area contributed by atoms with Crippen molar-refractivity contribution in [1.82, 2.24) is 5.32 Å². The fourth-order valence-electron chi connectivity index (χ4n) is 3.25. The minimum Gasteiger partial charge on any atom is -0.349 e. The lowest BCUT2D eigenvalue weighted by Crippen LogP contribution is -2.40. The SMILES string of the molecule is NC1CCC(NC(=O)c2ccc(N3CCCC3=O)cc2)CC1. The van der Waals surface area contributed by atoms with Crippen LogP contribution in [0.4, 0.5) is 5.69 Å². The molecule has 0 radical (unpaired) electrons. The number of hydrogen-bond acceptors (Lipinski definition) is 3. The van der Waals surface area contributed by atoms with Crippen LogP contribution >= 0.6 is 0 Å². The number of nitrogens with two attached hydrogens (primary N) is 1. The summed E-state index contributed by atoms with van der Waals surface area (Å²) in [5.74, 6) is 0.121. The molecule has 1 heterocycles. The average molecular weight is 301 g/mol. The summed E-state index contributed by atoms with van der Waals surface area (Å²) in [5, 5.41) is 3.08. The Hall–Kier alpha value is -1.88. The molecule has 5 nitrogen and oxygen atoms in total. The van der Waals surface area contributed by atoms with Crippen molar-refractivity contribution in [2.45, 2.75) is 50.6 Å². The van der Waals surface area contributed by atoms with Gasteiger partial charge in [-0.2, -0.15) is 0 Å². The maximum Gasteiger partial charge on any atom is 0.251 e. The van der Waals surface area contributed by atoms with Gasteiger partial charge in [-0.1, -0.05) is 0 Å². The van der Waals surface area contributed by atoms with Crippen LogP contribution in [-0.4, -0.2) is 30.4 Å². The van der Waals surface area contributed by atoms with Crippen LogP contribution in [0.15, 0.2) is 24.3 Å². The van der Waals surface area contributed by atoms with Crippen LogP contribution in [0.5, 0.6) is 0 Å². The number of carbonyl (C=O) groups is 2. The Bertz CT molecular complexity index is 548. The first-order valence-corrected chi connectivity index (χ1v) is 8.10. The summed E-state index contributed by atoms with van der Waals surface area (Å²) in [5.41, 5.74) is 7.40. The summed E-state index contributed by atoms with van der Waals surface area (Å²) in [6.07, 6.45) is 5.37. The summed E-state index contributed by atoms with van der Waals surface area (Å²) >= 11 is 0. The van der Waals surface area contributed by atoms with Gasteiger partial charge < -0.3 is 16.0 Å². The Labute approximate surface area is 130 Å². The fraction of sp³-hybridized carbons (Fsp3) is 0.529. The molecule has 1 saturated heterocycles. The Morgan fingerprint density at radius 1 is 1.14 bits per heavy atom. The molecule has 2 aliphatic rings. The molecule has 0 spiro atoms. The van der Waals surface area contributed by atoms with Crippen LogP contribution in [0, 0.1) is 0 Å². The number of nitrogens with zero attached hydrogens (tertiary/aromatic N) is 1. The minimum absolute atomic E-state index is 0.0419. The molecule has 3 N–H and O–H groups in total. The summed E-state index contributed by atoms with van der Waals surface area (Å²) < 4.78 is 0. The number of amides is 2. The molecule has 0 bridgehead atoms. The predicted octanol–water partition coefficient (Wildman–Crippen LogP) is 1.81. The molecule has 118 valence electrons. The first-order valence-electron chi connectivity index (χ1n) is 8.10. The van der Waals surface area contributed by atoms with Crippen LogP contribution in [-0.2, 0) is 4.79 Å². The summed E-state index contributed by atoms with van der Waals surface area (Å²) in [7, 11) is 0. The van der Waals surface area contributed by atoms with E-state index >= 15 is 0 Å². The molecule has 5 heteroatoms. The van der Waals surface area contributed by atoms with Crippen LogP contribution < -0.4 is 16.0 Å². The van der Waals surface area contributed by atoms with Crippen molar-refractivity contribution in [2.24, 2.45) is 5.73 Å². The van der Waals surface area contributed by atoms with Gasteiger partial charge in [-0.05, 0) is 56.4 Å². The second-order valence-electron chi connectivity index (χ2n) is 6.28. The highest BCUT2D eigenvalue weighted by Gasteiger charge is 2.23. The van der Waals surface area contributed by atoms with Crippen molar-refractivity contribution < 1.29 is 9.59 Å². The summed E-state index contributed by atoms with van der Waals surface area (Å²) in [6, 6.07) is 7.82. The van der Waals surface area contributed by atoms with E-state index in [1.165, 1.54) is 0 Å². The highest BCUT2D eigenvalue weighted by Crippen LogP contribution is 2.22. The largest absolute Gasteiger partial charge is 0.349 e. The van der Waals surface area contributed by atoms with E-state index in [0.29, 0.717) is 12.0 Å². The Kier molecular flexibility index (Phi) is 4.43. The van der Waals surface area contributed by atoms with E-state index in [1.54, 1.807) is 17.0 Å². The number of anilines is 1. The topological polar surface area (TPSA) is 75.4 Å². The first kappa shape index (κ1) is 15.0. The molecule has 1 aliphatic heterocycles. The number of carbonyl (C=O) groups excluding carboxylic acids is 2. The van der Waals surface area contributed by atoms with Crippen molar-refractivity contribution in [3.8, 4) is 0 Å². The van der Waals surface area contributed by atoms with Gasteiger partial charge in [0.05, 0.1) is 0 Å². The Morgan fingerprint density at radius 3 is 2.41 bits per heavy atom. The lowest BCUT2D eigenvalue weighted by molar-refractivity contribution is -0.117. The normalized spacial score (nSPS) is 25.3. The van der Waals surface area contributed by atoms with E-state index in [2.05, 4.69) is 5.32 Å². The number of nitrogens with one attached hydrogen (secondary N) is 1. The van der Waals surface area contributed by atoms with Crippen LogP contribution in [0.3, 0.4) is 0 Å². The molecule has 1 saturated carbocycles. The number of benzene rings is 1. The Balaban J connectivity index is 1.60. The van der Waals surface area contributed by atoms with Crippen molar-refractivity contribution >= 4 is 17.5 Å². The van der Waals surface area contributed by atoms with Gasteiger partial charge in [0.15, 0.2) is 0 Å². The molecule has 1 aromatic carbocycles. The van der Waals surface area contributed by atoms with Gasteiger partial charge >= 0.3 is 0 Å². The van der Waals surface area contributed by atoms with Crippen LogP contribution in [0.2, 0.25) is 0 Å². The predicted molar refractivity (Wildman–Crippen MR) is 85.7 cm³/mol. The fourth-order valence-corrected chi connectivity index (χ4v) is 3.25. The zero-order valence-electron chi connectivity index (χ0n) is 12.8. The molecule has 0 aromatic heterocycles. The molecule has 22 heavy (non-hydrogen) atoms. The molecular weight excluding hydrogens is 278 g/mol. The quantitative estimate of drug-likeness (QED) is 0.894. The maximum atomic E-state index is 12.3. The molecule has 2 amide bonds. The van der Waals surface area contributed by atoms with Crippen molar-refractivity contribution in [2.75, 3.05) is 11.4 Å². The maximum absolute atomic E-state index is 12.3. The molecule has 1 aliphatic carbocycles. The summed E-state index contributed by atoms with van der Waals surface area (Å²) in [4.78, 5) is 25.8. The van der Waals surface area contributed by atoms with Gasteiger partial charge in [0, 0.05) is 36.3 Å². The lowest BCUT2D eigenvalue weighted by Gasteiger charge is -2.26. The first-order chi connectivity index (χ1) is 10.6. The zero-order valence-corrected chi connectivity index (χ0v) is 12.8. The number of rotatable bonds is 3. The lowest BCUT2D eigenvalue weighted by atomic mass is 9.91. The zero-order chi connectivity index (χ0) is 15.5. The van der Waals surface area contributed by atoms with Crippen LogP contribution in [0.1, 0.15) is 48.9 Å². The van der Waals surface area contributed by atoms with Gasteiger partial charge in [-0.3, -0.25) is 9.59 Å². The molecular formula is C17H23N3O2. The van der Waals surface area contributed by atoms with Gasteiger partial charge in [0.25, 0.3) is 5.91 Å². The Morgan fingerprint density at radius 2 is 1.82 bits per heavy atom. The van der Waals surface area contributed by atoms with E-state index in [-0.39, 0.29) is 23.9 Å². The highest BCUT2D eigenvalue weighted by atomic mass is 16.2. The second-order valence-corrected chi connectivity index (χ2v) is 6.28. The van der Waals surface area contributed by atoms with Gasteiger partial charge in [0.2, 0.25) is 5.91 Å². The van der Waals surface area contributed by atoms with E-state index in [4.69, 9.17) is 5.73 Å². The highest BCUT2D eigenvalue weighted by molar-refractivity contribution is 5.97. The van der Waals surface area contributed by atoms with Crippen LogP contribution in [0.25, 0.3) is 0 Å². The molecule has 0 unspecified atom stereocenters. The standard InChI is InChI=1S/C17H23N3O2/c18-13-5-7-14(8-6-13)19-17(22)12-3-9-15(10-4-12)20-11-1-2-16(20)21/h3-4,9-10,13-14H,1-2,5-8,11,18H2,(H,19,22). The molecule has 3 rings (SSSR count). The molecule has 0 atom stereocenters. The van der Waals surface area contributed by atoms with Crippen molar-refractivity contribution in [3.05, 3.63) is 29.8 Å². The van der Waals surface area contributed by atoms with E-state index in [1.807, 2.05) is 12.1 Å². The van der Waals surface area contributed by atoms with E-state index in [0.717, 1.165) is 44.3 Å². The third kappa shape index (κ3) is 3.30. The third-order valence-electron chi connectivity index (χ3n) is 4.62. The van der Waals surface area contributed by atoms with E-state index in [9.17, 15) is 9.59 Å². The van der Waals surface area contributed by atoms with Gasteiger partial charge in [-0.15, -0.1) is 0 Å². The smallest absolute Gasteiger partial charge is 0.251 e. The van der Waals surface area contributed by atoms with E-state index < -0.39 is 0 Å². The monoisotopic (exact) mass is 301 g/mol. The average Bonchev–Trinajstić information content (AvgIpc) is 2.96.